The van der Waals surface area contributed by atoms with Crippen molar-refractivity contribution in [1.29, 1.82) is 0 Å². The highest BCUT2D eigenvalue weighted by atomic mass is 17.2. The van der Waals surface area contributed by atoms with Crippen LogP contribution in [0.1, 0.15) is 12.8 Å². The van der Waals surface area contributed by atoms with E-state index in [-0.39, 0.29) is 12.4 Å². The Morgan fingerprint density at radius 1 is 1.13 bits per heavy atom. The average Bonchev–Trinajstić information content (AvgIpc) is 2.58. The van der Waals surface area contributed by atoms with Crippen LogP contribution < -0.4 is 9.62 Å². The molecule has 0 unspecified atom stereocenters. The molecule has 0 aliphatic carbocycles. The molecule has 0 fully saturated rings. The fourth-order valence-electron chi connectivity index (χ4n) is 1.40. The first-order valence-electron chi connectivity index (χ1n) is 6.73. The largest absolute Gasteiger partial charge is 0.493 e. The molecule has 0 spiro atoms. The summed E-state index contributed by atoms with van der Waals surface area (Å²) in [6.45, 7) is 0.133. The van der Waals surface area contributed by atoms with Crippen molar-refractivity contribution in [3.05, 3.63) is 42.5 Å². The van der Waals surface area contributed by atoms with Crippen LogP contribution in [-0.4, -0.2) is 31.6 Å². The second-order valence-corrected chi connectivity index (χ2v) is 4.10. The van der Waals surface area contributed by atoms with Gasteiger partial charge in [0, 0.05) is 12.2 Å². The van der Waals surface area contributed by atoms with E-state index in [1.165, 1.54) is 13.2 Å². The Bertz CT molecular complexity index is 600. The van der Waals surface area contributed by atoms with Crippen molar-refractivity contribution >= 4 is 17.9 Å². The summed E-state index contributed by atoms with van der Waals surface area (Å²) in [5.41, 5.74) is 0. The summed E-state index contributed by atoms with van der Waals surface area (Å²) < 4.78 is 9.81. The molecule has 7 nitrogen and oxygen atoms in total. The number of benzene rings is 1. The summed E-state index contributed by atoms with van der Waals surface area (Å²) in [6, 6.07) is 6.60. The van der Waals surface area contributed by atoms with E-state index in [1.807, 2.05) is 0 Å². The fraction of sp³-hybridized carbons (Fsp3) is 0.250. The number of esters is 1. The van der Waals surface area contributed by atoms with Crippen LogP contribution in [-0.2, 0) is 24.0 Å². The zero-order chi connectivity index (χ0) is 16.9. The van der Waals surface area contributed by atoms with E-state index in [0.717, 1.165) is 12.2 Å². The van der Waals surface area contributed by atoms with Crippen LogP contribution >= 0.6 is 0 Å². The molecule has 0 saturated heterocycles. The van der Waals surface area contributed by atoms with Crippen molar-refractivity contribution in [3.63, 3.8) is 0 Å². The Labute approximate surface area is 133 Å². The Morgan fingerprint density at radius 2 is 1.83 bits per heavy atom. The highest BCUT2D eigenvalue weighted by molar-refractivity contribution is 5.91. The minimum absolute atomic E-state index is 0.133. The zero-order valence-electron chi connectivity index (χ0n) is 12.5. The maximum absolute atomic E-state index is 11.4. The van der Waals surface area contributed by atoms with Crippen LogP contribution in [0.3, 0.4) is 0 Å². The van der Waals surface area contributed by atoms with E-state index in [4.69, 9.17) is 14.4 Å². The molecule has 0 amide bonds. The zero-order valence-corrected chi connectivity index (χ0v) is 12.5. The van der Waals surface area contributed by atoms with Crippen LogP contribution in [0.15, 0.2) is 42.5 Å². The lowest BCUT2D eigenvalue weighted by Crippen LogP contribution is -2.07. The van der Waals surface area contributed by atoms with Gasteiger partial charge in [-0.2, -0.15) is 0 Å². The molecule has 1 aromatic rings. The molecule has 0 atom stereocenters. The average molecular weight is 320 g/mol. The molecule has 0 heterocycles. The van der Waals surface area contributed by atoms with Crippen LogP contribution in [0.4, 0.5) is 0 Å². The molecule has 0 saturated carbocycles. The second kappa shape index (κ2) is 10.6. The highest BCUT2D eigenvalue weighted by Crippen LogP contribution is 2.25. The number of carbonyl (C=O) groups excluding carboxylic acids is 3. The maximum Gasteiger partial charge on any atom is 0.379 e. The number of carbonyl (C=O) groups is 2. The normalized spacial score (nSPS) is 9.78. The van der Waals surface area contributed by atoms with Crippen LogP contribution in [0.2, 0.25) is 0 Å². The molecule has 1 aromatic carbocycles. The van der Waals surface area contributed by atoms with Gasteiger partial charge in [0.2, 0.25) is 5.75 Å². The Kier molecular flexibility index (Phi) is 8.33. The Morgan fingerprint density at radius 3 is 2.52 bits per heavy atom. The minimum atomic E-state index is -0.878. The minimum Gasteiger partial charge on any atom is -0.493 e. The number of methoxy groups -OCH3 is 1. The van der Waals surface area contributed by atoms with Gasteiger partial charge >= 0.3 is 11.9 Å². The van der Waals surface area contributed by atoms with E-state index < -0.39 is 11.9 Å². The molecule has 0 aromatic heterocycles. The Balaban J connectivity index is 2.32. The molecule has 1 rings (SSSR count). The van der Waals surface area contributed by atoms with Crippen molar-refractivity contribution in [2.24, 2.45) is 0 Å². The van der Waals surface area contributed by atoms with Gasteiger partial charge in [-0.15, -0.1) is 0 Å². The molecular weight excluding hydrogens is 304 g/mol. The lowest BCUT2D eigenvalue weighted by Gasteiger charge is -2.06. The summed E-state index contributed by atoms with van der Waals surface area (Å²) in [4.78, 5) is 42.0. The summed E-state index contributed by atoms with van der Waals surface area (Å²) >= 11 is 0. The van der Waals surface area contributed by atoms with Gasteiger partial charge in [0.05, 0.1) is 13.7 Å². The second-order valence-electron chi connectivity index (χ2n) is 4.10. The van der Waals surface area contributed by atoms with Crippen molar-refractivity contribution in [2.45, 2.75) is 12.8 Å². The first-order chi connectivity index (χ1) is 11.2. The van der Waals surface area contributed by atoms with Gasteiger partial charge in [0.25, 0.3) is 0 Å². The molecule has 0 bridgehead atoms. The van der Waals surface area contributed by atoms with Crippen molar-refractivity contribution in [2.75, 3.05) is 13.7 Å². The quantitative estimate of drug-likeness (QED) is 0.171. The maximum atomic E-state index is 11.4. The molecule has 0 radical (unpaired) electrons. The van der Waals surface area contributed by atoms with Gasteiger partial charge in [0.15, 0.2) is 5.75 Å². The van der Waals surface area contributed by atoms with Crippen LogP contribution in [0, 0.1) is 0 Å². The molecule has 0 N–H and O–H groups in total. The Hall–Kier alpha value is -3.05. The lowest BCUT2D eigenvalue weighted by atomic mass is 10.3. The number of hydrogen-bond donors (Lipinski definition) is 0. The van der Waals surface area contributed by atoms with Gasteiger partial charge in [-0.05, 0) is 31.1 Å². The molecule has 7 heteroatoms. The van der Waals surface area contributed by atoms with Gasteiger partial charge in [-0.1, -0.05) is 12.1 Å². The summed E-state index contributed by atoms with van der Waals surface area (Å²) in [5, 5.41) is 0. The smallest absolute Gasteiger partial charge is 0.379 e. The van der Waals surface area contributed by atoms with Crippen molar-refractivity contribution < 1.29 is 33.6 Å². The number of hydrogen-bond acceptors (Lipinski definition) is 7. The predicted molar refractivity (Wildman–Crippen MR) is 79.3 cm³/mol. The third-order valence-corrected chi connectivity index (χ3v) is 2.46. The molecule has 0 aliphatic heterocycles. The van der Waals surface area contributed by atoms with E-state index in [9.17, 15) is 14.4 Å². The van der Waals surface area contributed by atoms with E-state index in [0.29, 0.717) is 18.6 Å². The predicted octanol–water partition coefficient (Wildman–Crippen LogP) is 1.80. The van der Waals surface area contributed by atoms with Gasteiger partial charge in [-0.25, -0.2) is 19.3 Å². The van der Waals surface area contributed by atoms with Gasteiger partial charge in [-0.3, -0.25) is 4.89 Å². The SMILES string of the molecule is COc1ccccc1OOC(=O)/C=C/C(=O)OCCCC=C=O. The summed E-state index contributed by atoms with van der Waals surface area (Å²) in [7, 11) is 1.45. The number of allylic oxidation sites excluding steroid dienone is 1. The number of ether oxygens (including phenoxy) is 2. The first-order valence-corrected chi connectivity index (χ1v) is 6.73. The van der Waals surface area contributed by atoms with Crippen molar-refractivity contribution in [1.82, 2.24) is 0 Å². The monoisotopic (exact) mass is 320 g/mol. The molecule has 23 heavy (non-hydrogen) atoms. The van der Waals surface area contributed by atoms with Gasteiger partial charge < -0.3 is 9.47 Å². The van der Waals surface area contributed by atoms with E-state index >= 15 is 0 Å². The van der Waals surface area contributed by atoms with E-state index in [2.05, 4.69) is 4.89 Å². The molecule has 122 valence electrons. The van der Waals surface area contributed by atoms with Crippen molar-refractivity contribution in [3.8, 4) is 11.5 Å². The fourth-order valence-corrected chi connectivity index (χ4v) is 1.40. The number of para-hydroxylation sites is 2. The number of unbranched alkanes of at least 4 members (excludes halogenated alkanes) is 1. The summed E-state index contributed by atoms with van der Waals surface area (Å²) in [6.07, 6.45) is 4.06. The topological polar surface area (TPSA) is 88.1 Å². The van der Waals surface area contributed by atoms with Gasteiger partial charge in [0.1, 0.15) is 5.94 Å². The van der Waals surface area contributed by atoms with Crippen LogP contribution in [0.5, 0.6) is 11.5 Å². The highest BCUT2D eigenvalue weighted by Gasteiger charge is 2.07. The first kappa shape index (κ1) is 18.0. The lowest BCUT2D eigenvalue weighted by molar-refractivity contribution is -0.207. The van der Waals surface area contributed by atoms with Crippen LogP contribution in [0.25, 0.3) is 0 Å². The molecule has 0 aliphatic rings. The standard InChI is InChI=1S/C16H16O7/c1-20-13-7-3-4-8-14(13)22-23-16(19)10-9-15(18)21-12-6-2-5-11-17/h3-5,7-10H,2,6,12H2,1H3/b10-9+. The third kappa shape index (κ3) is 7.50. The summed E-state index contributed by atoms with van der Waals surface area (Å²) in [5.74, 6) is 0.661. The van der Waals surface area contributed by atoms with E-state index in [1.54, 1.807) is 30.2 Å². The number of rotatable bonds is 9. The molecular formula is C16H16O7. The third-order valence-electron chi connectivity index (χ3n) is 2.46.